The molecule has 0 bridgehead atoms. The minimum absolute atomic E-state index is 0.309. The summed E-state index contributed by atoms with van der Waals surface area (Å²) in [6.45, 7) is 2.77. The lowest BCUT2D eigenvalue weighted by Crippen LogP contribution is -1.98. The van der Waals surface area contributed by atoms with Crippen LogP contribution in [0.1, 0.15) is 6.92 Å². The van der Waals surface area contributed by atoms with Crippen LogP contribution in [0.25, 0.3) is 11.4 Å². The number of hydrogen-bond acceptors (Lipinski definition) is 4. The fraction of sp³-hybridized carbons (Fsp3) is 0.273. The van der Waals surface area contributed by atoms with Gasteiger partial charge in [0.2, 0.25) is 0 Å². The van der Waals surface area contributed by atoms with Crippen LogP contribution >= 0.6 is 0 Å². The van der Waals surface area contributed by atoms with Gasteiger partial charge in [-0.15, -0.1) is 10.2 Å². The van der Waals surface area contributed by atoms with Gasteiger partial charge in [0.15, 0.2) is 15.7 Å². The average molecular weight is 251 g/mol. The van der Waals surface area contributed by atoms with Gasteiger partial charge < -0.3 is 4.57 Å². The highest BCUT2D eigenvalue weighted by atomic mass is 32.2. The van der Waals surface area contributed by atoms with E-state index in [1.807, 2.05) is 11.5 Å². The summed E-state index contributed by atoms with van der Waals surface area (Å²) in [4.78, 5) is 0.309. The van der Waals surface area contributed by atoms with Crippen molar-refractivity contribution < 1.29 is 8.42 Å². The fourth-order valence-corrected chi connectivity index (χ4v) is 2.19. The van der Waals surface area contributed by atoms with E-state index < -0.39 is 9.84 Å². The number of hydrogen-bond donors (Lipinski definition) is 0. The topological polar surface area (TPSA) is 64.8 Å². The molecule has 0 aliphatic heterocycles. The van der Waals surface area contributed by atoms with E-state index in [2.05, 4.69) is 10.2 Å². The number of aromatic nitrogens is 3. The molecule has 90 valence electrons. The zero-order valence-electron chi connectivity index (χ0n) is 9.66. The molecule has 0 spiro atoms. The average Bonchev–Trinajstić information content (AvgIpc) is 2.76. The van der Waals surface area contributed by atoms with E-state index in [9.17, 15) is 8.42 Å². The summed E-state index contributed by atoms with van der Waals surface area (Å²) in [5.41, 5.74) is 0.858. The molecule has 0 N–H and O–H groups in total. The van der Waals surface area contributed by atoms with Crippen molar-refractivity contribution in [3.8, 4) is 11.4 Å². The van der Waals surface area contributed by atoms with Crippen LogP contribution in [0.4, 0.5) is 0 Å². The van der Waals surface area contributed by atoms with Crippen molar-refractivity contribution in [3.63, 3.8) is 0 Å². The summed E-state index contributed by atoms with van der Waals surface area (Å²) >= 11 is 0. The molecule has 0 fully saturated rings. The van der Waals surface area contributed by atoms with E-state index in [0.717, 1.165) is 17.9 Å². The predicted octanol–water partition coefficient (Wildman–Crippen LogP) is 1.37. The zero-order valence-corrected chi connectivity index (χ0v) is 10.5. The van der Waals surface area contributed by atoms with Crippen LogP contribution in [0, 0.1) is 0 Å². The van der Waals surface area contributed by atoms with E-state index in [4.69, 9.17) is 0 Å². The highest BCUT2D eigenvalue weighted by molar-refractivity contribution is 7.90. The normalized spacial score (nSPS) is 11.6. The fourth-order valence-electron chi connectivity index (χ4n) is 1.56. The molecule has 0 aliphatic rings. The number of benzene rings is 1. The van der Waals surface area contributed by atoms with Crippen molar-refractivity contribution in [2.45, 2.75) is 18.4 Å². The van der Waals surface area contributed by atoms with Crippen molar-refractivity contribution in [2.24, 2.45) is 0 Å². The lowest BCUT2D eigenvalue weighted by Gasteiger charge is -2.04. The molecule has 0 saturated heterocycles. The molecule has 6 heteroatoms. The molecular weight excluding hydrogens is 238 g/mol. The second kappa shape index (κ2) is 4.29. The van der Waals surface area contributed by atoms with E-state index in [-0.39, 0.29) is 0 Å². The molecule has 0 saturated carbocycles. The van der Waals surface area contributed by atoms with E-state index in [1.165, 1.54) is 6.26 Å². The van der Waals surface area contributed by atoms with Crippen molar-refractivity contribution in [2.75, 3.05) is 6.26 Å². The second-order valence-corrected chi connectivity index (χ2v) is 5.75. The molecule has 5 nitrogen and oxygen atoms in total. The molecule has 0 atom stereocenters. The Morgan fingerprint density at radius 1 is 1.24 bits per heavy atom. The monoisotopic (exact) mass is 251 g/mol. The molecule has 1 aromatic carbocycles. The lowest BCUT2D eigenvalue weighted by molar-refractivity contribution is 0.602. The Hall–Kier alpha value is -1.69. The van der Waals surface area contributed by atoms with Gasteiger partial charge in [0.1, 0.15) is 6.33 Å². The number of rotatable bonds is 3. The molecule has 2 rings (SSSR count). The molecule has 17 heavy (non-hydrogen) atoms. The molecule has 0 unspecified atom stereocenters. The van der Waals surface area contributed by atoms with Crippen LogP contribution in [-0.4, -0.2) is 29.4 Å². The van der Waals surface area contributed by atoms with Crippen LogP contribution in [0.5, 0.6) is 0 Å². The maximum absolute atomic E-state index is 11.3. The quantitative estimate of drug-likeness (QED) is 0.826. The zero-order chi connectivity index (χ0) is 12.5. The van der Waals surface area contributed by atoms with Crippen LogP contribution in [0.2, 0.25) is 0 Å². The van der Waals surface area contributed by atoms with Gasteiger partial charge in [0.05, 0.1) is 4.90 Å². The van der Waals surface area contributed by atoms with E-state index >= 15 is 0 Å². The maximum atomic E-state index is 11.3. The number of aryl methyl sites for hydroxylation is 1. The Morgan fingerprint density at radius 2 is 1.88 bits per heavy atom. The SMILES string of the molecule is CCn1cnnc1-c1ccc(S(C)(=O)=O)cc1. The Labute approximate surface area is 100 Å². The summed E-state index contributed by atoms with van der Waals surface area (Å²) < 4.78 is 24.5. The second-order valence-electron chi connectivity index (χ2n) is 3.74. The molecule has 0 amide bonds. The van der Waals surface area contributed by atoms with Gasteiger partial charge in [0.25, 0.3) is 0 Å². The standard InChI is InChI=1S/C11H13N3O2S/c1-3-14-8-12-13-11(14)9-4-6-10(7-5-9)17(2,15)16/h4-8H,3H2,1-2H3. The lowest BCUT2D eigenvalue weighted by atomic mass is 10.2. The van der Waals surface area contributed by atoms with Gasteiger partial charge in [-0.2, -0.15) is 0 Å². The maximum Gasteiger partial charge on any atom is 0.175 e. The van der Waals surface area contributed by atoms with Crippen LogP contribution in [0.15, 0.2) is 35.5 Å². The first-order valence-electron chi connectivity index (χ1n) is 5.20. The smallest absolute Gasteiger partial charge is 0.175 e. The Balaban J connectivity index is 2.43. The van der Waals surface area contributed by atoms with E-state index in [1.54, 1.807) is 30.6 Å². The first kappa shape index (κ1) is 11.8. The first-order valence-corrected chi connectivity index (χ1v) is 7.10. The van der Waals surface area contributed by atoms with Crippen molar-refractivity contribution in [1.29, 1.82) is 0 Å². The first-order chi connectivity index (χ1) is 8.02. The van der Waals surface area contributed by atoms with Crippen LogP contribution < -0.4 is 0 Å². The minimum atomic E-state index is -3.15. The van der Waals surface area contributed by atoms with Gasteiger partial charge in [-0.1, -0.05) is 0 Å². The van der Waals surface area contributed by atoms with Gasteiger partial charge >= 0.3 is 0 Å². The highest BCUT2D eigenvalue weighted by Gasteiger charge is 2.09. The third-order valence-electron chi connectivity index (χ3n) is 2.50. The Morgan fingerprint density at radius 3 is 2.41 bits per heavy atom. The summed E-state index contributed by atoms with van der Waals surface area (Å²) in [6, 6.07) is 6.65. The molecule has 0 radical (unpaired) electrons. The number of sulfone groups is 1. The van der Waals surface area contributed by atoms with Gasteiger partial charge in [0, 0.05) is 18.4 Å². The third kappa shape index (κ3) is 2.36. The van der Waals surface area contributed by atoms with Gasteiger partial charge in [-0.3, -0.25) is 0 Å². The third-order valence-corrected chi connectivity index (χ3v) is 3.63. The number of nitrogens with zero attached hydrogens (tertiary/aromatic N) is 3. The van der Waals surface area contributed by atoms with Gasteiger partial charge in [-0.25, -0.2) is 8.42 Å². The summed E-state index contributed by atoms with van der Waals surface area (Å²) in [7, 11) is -3.15. The molecule has 1 aromatic heterocycles. The highest BCUT2D eigenvalue weighted by Crippen LogP contribution is 2.19. The van der Waals surface area contributed by atoms with Crippen molar-refractivity contribution in [3.05, 3.63) is 30.6 Å². The van der Waals surface area contributed by atoms with E-state index in [0.29, 0.717) is 4.90 Å². The Bertz CT molecular complexity index is 614. The predicted molar refractivity (Wildman–Crippen MR) is 64.2 cm³/mol. The summed E-state index contributed by atoms with van der Waals surface area (Å²) in [5.74, 6) is 0.743. The summed E-state index contributed by atoms with van der Waals surface area (Å²) in [5, 5.41) is 7.85. The minimum Gasteiger partial charge on any atom is -0.314 e. The molecular formula is C11H13N3O2S. The molecule has 2 aromatic rings. The summed E-state index contributed by atoms with van der Waals surface area (Å²) in [6.07, 6.45) is 2.84. The van der Waals surface area contributed by atoms with Crippen molar-refractivity contribution in [1.82, 2.24) is 14.8 Å². The van der Waals surface area contributed by atoms with Crippen LogP contribution in [-0.2, 0) is 16.4 Å². The van der Waals surface area contributed by atoms with Gasteiger partial charge in [-0.05, 0) is 31.2 Å². The van der Waals surface area contributed by atoms with Crippen molar-refractivity contribution >= 4 is 9.84 Å². The largest absolute Gasteiger partial charge is 0.314 e. The molecule has 1 heterocycles. The van der Waals surface area contributed by atoms with Crippen LogP contribution in [0.3, 0.4) is 0 Å². The Kier molecular flexibility index (Phi) is 2.97. The molecule has 0 aliphatic carbocycles.